The molecule has 25 heavy (non-hydrogen) atoms. The zero-order chi connectivity index (χ0) is 17.2. The van der Waals surface area contributed by atoms with Crippen LogP contribution < -0.4 is 5.32 Å². The maximum Gasteiger partial charge on any atom is 0.213 e. The molecule has 2 heterocycles. The summed E-state index contributed by atoms with van der Waals surface area (Å²) in [5, 5.41) is 3.43. The summed E-state index contributed by atoms with van der Waals surface area (Å²) in [6.45, 7) is 9.25. The molecule has 6 heteroatoms. The highest BCUT2D eigenvalue weighted by Crippen LogP contribution is 2.43. The Balaban J connectivity index is 0.00000225. The SMILES string of the molecule is CN=C(NCc1ncc(C(C)(C)C)o1)N1CCC2(CCCCC2)C1.I. The van der Waals surface area contributed by atoms with Gasteiger partial charge in [0.05, 0.1) is 12.7 Å². The van der Waals surface area contributed by atoms with E-state index in [9.17, 15) is 0 Å². The number of oxazole rings is 1. The molecule has 0 bridgehead atoms. The third-order valence-corrected chi connectivity index (χ3v) is 5.55. The van der Waals surface area contributed by atoms with E-state index in [1.165, 1.54) is 38.5 Å². The van der Waals surface area contributed by atoms with Gasteiger partial charge < -0.3 is 14.6 Å². The summed E-state index contributed by atoms with van der Waals surface area (Å²) in [5.74, 6) is 2.64. The Morgan fingerprint density at radius 2 is 2.00 bits per heavy atom. The van der Waals surface area contributed by atoms with Crippen molar-refractivity contribution in [2.75, 3.05) is 20.1 Å². The van der Waals surface area contributed by atoms with E-state index in [-0.39, 0.29) is 29.4 Å². The van der Waals surface area contributed by atoms with Crippen molar-refractivity contribution in [3.63, 3.8) is 0 Å². The topological polar surface area (TPSA) is 53.7 Å². The van der Waals surface area contributed by atoms with Crippen LogP contribution in [0.25, 0.3) is 0 Å². The van der Waals surface area contributed by atoms with Crippen molar-refractivity contribution >= 4 is 29.9 Å². The summed E-state index contributed by atoms with van der Waals surface area (Å²) in [4.78, 5) is 11.3. The van der Waals surface area contributed by atoms with Gasteiger partial charge in [0.1, 0.15) is 5.76 Å². The number of rotatable bonds is 2. The highest BCUT2D eigenvalue weighted by atomic mass is 127. The summed E-state index contributed by atoms with van der Waals surface area (Å²) in [5.41, 5.74) is 0.535. The van der Waals surface area contributed by atoms with Crippen molar-refractivity contribution in [2.24, 2.45) is 10.4 Å². The third kappa shape index (κ3) is 4.89. The Kier molecular flexibility index (Phi) is 6.79. The molecule has 142 valence electrons. The molecule has 0 atom stereocenters. The summed E-state index contributed by atoms with van der Waals surface area (Å²) in [6.07, 6.45) is 10.1. The molecule has 3 rings (SSSR count). The predicted molar refractivity (Wildman–Crippen MR) is 113 cm³/mol. The molecule has 1 aromatic rings. The monoisotopic (exact) mass is 460 g/mol. The minimum atomic E-state index is -0.00472. The van der Waals surface area contributed by atoms with Crippen LogP contribution in [0.4, 0.5) is 0 Å². The first-order valence-corrected chi connectivity index (χ1v) is 9.33. The van der Waals surface area contributed by atoms with Gasteiger partial charge in [-0.15, -0.1) is 24.0 Å². The van der Waals surface area contributed by atoms with Crippen LogP contribution >= 0.6 is 24.0 Å². The number of aromatic nitrogens is 1. The van der Waals surface area contributed by atoms with Gasteiger partial charge in [-0.1, -0.05) is 40.0 Å². The van der Waals surface area contributed by atoms with E-state index in [0.717, 1.165) is 30.7 Å². The Morgan fingerprint density at radius 3 is 2.60 bits per heavy atom. The summed E-state index contributed by atoms with van der Waals surface area (Å²) in [6, 6.07) is 0. The molecule has 0 amide bonds. The zero-order valence-electron chi connectivity index (χ0n) is 16.1. The van der Waals surface area contributed by atoms with Crippen molar-refractivity contribution in [1.29, 1.82) is 0 Å². The summed E-state index contributed by atoms with van der Waals surface area (Å²) in [7, 11) is 1.87. The fraction of sp³-hybridized carbons (Fsp3) is 0.789. The van der Waals surface area contributed by atoms with Crippen LogP contribution in [0.5, 0.6) is 0 Å². The molecule has 2 aliphatic rings. The zero-order valence-corrected chi connectivity index (χ0v) is 18.4. The van der Waals surface area contributed by atoms with Crippen LogP contribution in [-0.4, -0.2) is 36.0 Å². The number of hydrogen-bond acceptors (Lipinski definition) is 3. The second-order valence-corrected chi connectivity index (χ2v) is 8.50. The smallest absolute Gasteiger partial charge is 0.213 e. The van der Waals surface area contributed by atoms with Crippen LogP contribution in [0.2, 0.25) is 0 Å². The molecule has 0 aromatic carbocycles. The van der Waals surface area contributed by atoms with Crippen LogP contribution in [0.15, 0.2) is 15.6 Å². The second-order valence-electron chi connectivity index (χ2n) is 8.50. The molecule has 1 aromatic heterocycles. The van der Waals surface area contributed by atoms with Gasteiger partial charge in [0.15, 0.2) is 5.96 Å². The Morgan fingerprint density at radius 1 is 1.28 bits per heavy atom. The minimum absolute atomic E-state index is 0. The van der Waals surface area contributed by atoms with Crippen molar-refractivity contribution in [3.8, 4) is 0 Å². The number of guanidine groups is 1. The minimum Gasteiger partial charge on any atom is -0.443 e. The van der Waals surface area contributed by atoms with Crippen LogP contribution in [-0.2, 0) is 12.0 Å². The van der Waals surface area contributed by atoms with E-state index in [1.54, 1.807) is 0 Å². The molecule has 1 saturated carbocycles. The average molecular weight is 460 g/mol. The summed E-state index contributed by atoms with van der Waals surface area (Å²) < 4.78 is 5.87. The Bertz CT molecular complexity index is 584. The first-order chi connectivity index (χ1) is 11.4. The van der Waals surface area contributed by atoms with Gasteiger partial charge in [-0.25, -0.2) is 4.98 Å². The summed E-state index contributed by atoms with van der Waals surface area (Å²) >= 11 is 0. The molecule has 5 nitrogen and oxygen atoms in total. The van der Waals surface area contributed by atoms with E-state index in [1.807, 2.05) is 13.2 Å². The molecule has 1 aliphatic heterocycles. The van der Waals surface area contributed by atoms with Crippen molar-refractivity contribution in [1.82, 2.24) is 15.2 Å². The molecule has 1 saturated heterocycles. The van der Waals surface area contributed by atoms with Crippen molar-refractivity contribution in [2.45, 2.75) is 71.3 Å². The number of likely N-dealkylation sites (tertiary alicyclic amines) is 1. The van der Waals surface area contributed by atoms with E-state index in [4.69, 9.17) is 4.42 Å². The maximum absolute atomic E-state index is 5.87. The first-order valence-electron chi connectivity index (χ1n) is 9.33. The molecule has 1 aliphatic carbocycles. The van der Waals surface area contributed by atoms with Gasteiger partial charge in [-0.3, -0.25) is 4.99 Å². The van der Waals surface area contributed by atoms with Crippen LogP contribution in [0, 0.1) is 5.41 Å². The number of aliphatic imine (C=N–C) groups is 1. The number of nitrogens with one attached hydrogen (secondary N) is 1. The standard InChI is InChI=1S/C19H32N4O.HI/c1-18(2,3)15-12-21-16(24-15)13-22-17(20-4)23-11-10-19(14-23)8-6-5-7-9-19;/h12H,5-11,13-14H2,1-4H3,(H,20,22);1H. The predicted octanol–water partition coefficient (Wildman–Crippen LogP) is 4.32. The Labute approximate surface area is 169 Å². The fourth-order valence-corrected chi connectivity index (χ4v) is 4.05. The van der Waals surface area contributed by atoms with Gasteiger partial charge in [0, 0.05) is 25.6 Å². The highest BCUT2D eigenvalue weighted by Gasteiger charge is 2.39. The first kappa shape index (κ1) is 20.5. The van der Waals surface area contributed by atoms with E-state index in [2.05, 4.69) is 41.0 Å². The normalized spacial score (nSPS) is 20.6. The van der Waals surface area contributed by atoms with Gasteiger partial charge in [-0.2, -0.15) is 0 Å². The van der Waals surface area contributed by atoms with E-state index < -0.39 is 0 Å². The fourth-order valence-electron chi connectivity index (χ4n) is 4.05. The Hall–Kier alpha value is -0.790. The van der Waals surface area contributed by atoms with Gasteiger partial charge in [0.2, 0.25) is 5.89 Å². The molecule has 1 N–H and O–H groups in total. The second kappa shape index (κ2) is 8.27. The van der Waals surface area contributed by atoms with Gasteiger partial charge >= 0.3 is 0 Å². The van der Waals surface area contributed by atoms with Gasteiger partial charge in [-0.05, 0) is 24.7 Å². The molecule has 0 radical (unpaired) electrons. The van der Waals surface area contributed by atoms with Crippen LogP contribution in [0.1, 0.15) is 70.9 Å². The van der Waals surface area contributed by atoms with Crippen molar-refractivity contribution in [3.05, 3.63) is 17.8 Å². The maximum atomic E-state index is 5.87. The number of halogens is 1. The van der Waals surface area contributed by atoms with Gasteiger partial charge in [0.25, 0.3) is 0 Å². The quantitative estimate of drug-likeness (QED) is 0.406. The lowest BCUT2D eigenvalue weighted by Crippen LogP contribution is -2.41. The largest absolute Gasteiger partial charge is 0.443 e. The van der Waals surface area contributed by atoms with Crippen LogP contribution in [0.3, 0.4) is 0 Å². The molecular formula is C19H33IN4O. The molecule has 1 spiro atoms. The lowest BCUT2D eigenvalue weighted by molar-refractivity contribution is 0.203. The molecule has 2 fully saturated rings. The lowest BCUT2D eigenvalue weighted by Gasteiger charge is -2.33. The third-order valence-electron chi connectivity index (χ3n) is 5.55. The highest BCUT2D eigenvalue weighted by molar-refractivity contribution is 14.0. The van der Waals surface area contributed by atoms with E-state index >= 15 is 0 Å². The van der Waals surface area contributed by atoms with Crippen molar-refractivity contribution < 1.29 is 4.42 Å². The van der Waals surface area contributed by atoms with E-state index in [0.29, 0.717) is 12.0 Å². The average Bonchev–Trinajstić information content (AvgIpc) is 3.17. The molecule has 0 unspecified atom stereocenters. The number of nitrogens with zero attached hydrogens (tertiary/aromatic N) is 3. The number of hydrogen-bond donors (Lipinski definition) is 1. The lowest BCUT2D eigenvalue weighted by atomic mass is 9.73. The molecular weight excluding hydrogens is 427 g/mol.